The van der Waals surface area contributed by atoms with Crippen LogP contribution >= 0.6 is 11.5 Å². The van der Waals surface area contributed by atoms with Crippen LogP contribution in [0, 0.1) is 12.3 Å². The normalized spacial score (nSPS) is 12.4. The summed E-state index contributed by atoms with van der Waals surface area (Å²) in [5.74, 6) is 2.46. The molecule has 0 saturated heterocycles. The summed E-state index contributed by atoms with van der Waals surface area (Å²) in [5, 5.41) is 14.8. The number of aromatic nitrogens is 2. The zero-order valence-electron chi connectivity index (χ0n) is 5.90. The summed E-state index contributed by atoms with van der Waals surface area (Å²) in [6.45, 7) is 0. The minimum absolute atomic E-state index is 0.551. The average Bonchev–Trinajstić information content (AvgIpc) is 2.52. The van der Waals surface area contributed by atoms with Crippen LogP contribution in [0.1, 0.15) is 24.6 Å². The SMILES string of the molecule is C#CCCC(O)c1csnn1. The van der Waals surface area contributed by atoms with Gasteiger partial charge < -0.3 is 5.11 Å². The number of terminal acetylenes is 1. The molecule has 0 aliphatic heterocycles. The molecule has 0 spiro atoms. The van der Waals surface area contributed by atoms with E-state index in [9.17, 15) is 5.11 Å². The molecule has 0 bridgehead atoms. The van der Waals surface area contributed by atoms with Crippen molar-refractivity contribution >= 4 is 11.5 Å². The summed E-state index contributed by atoms with van der Waals surface area (Å²) < 4.78 is 3.63. The first-order valence-corrected chi connectivity index (χ1v) is 4.06. The van der Waals surface area contributed by atoms with Crippen molar-refractivity contribution in [3.63, 3.8) is 0 Å². The predicted octanol–water partition coefficient (Wildman–Crippen LogP) is 0.985. The third-order valence-electron chi connectivity index (χ3n) is 1.28. The van der Waals surface area contributed by atoms with Gasteiger partial charge in [0.25, 0.3) is 0 Å². The zero-order chi connectivity index (χ0) is 8.10. The molecule has 1 N–H and O–H groups in total. The number of rotatable bonds is 3. The minimum Gasteiger partial charge on any atom is -0.387 e. The molecule has 3 nitrogen and oxygen atoms in total. The third-order valence-corrected chi connectivity index (χ3v) is 1.80. The van der Waals surface area contributed by atoms with E-state index in [0.717, 1.165) is 0 Å². The van der Waals surface area contributed by atoms with Gasteiger partial charge in [0.15, 0.2) is 0 Å². The van der Waals surface area contributed by atoms with Gasteiger partial charge in [-0.3, -0.25) is 0 Å². The largest absolute Gasteiger partial charge is 0.387 e. The third kappa shape index (κ3) is 2.30. The molecule has 0 aromatic carbocycles. The smallest absolute Gasteiger partial charge is 0.104 e. The zero-order valence-corrected chi connectivity index (χ0v) is 6.71. The molecule has 11 heavy (non-hydrogen) atoms. The van der Waals surface area contributed by atoms with Gasteiger partial charge in [0.1, 0.15) is 5.69 Å². The second-order valence-corrected chi connectivity index (χ2v) is 2.70. The van der Waals surface area contributed by atoms with Crippen LogP contribution in [0.3, 0.4) is 0 Å². The Bertz CT molecular complexity index is 239. The number of aliphatic hydroxyl groups is 1. The van der Waals surface area contributed by atoms with Gasteiger partial charge in [0.05, 0.1) is 6.10 Å². The summed E-state index contributed by atoms with van der Waals surface area (Å²) in [5.41, 5.74) is 0.616. The molecule has 0 radical (unpaired) electrons. The van der Waals surface area contributed by atoms with Crippen LogP contribution in [0.2, 0.25) is 0 Å². The highest BCUT2D eigenvalue weighted by Gasteiger charge is 2.08. The molecule has 0 aliphatic carbocycles. The second kappa shape index (κ2) is 4.06. The van der Waals surface area contributed by atoms with Crippen LogP contribution in [0.4, 0.5) is 0 Å². The van der Waals surface area contributed by atoms with Crippen molar-refractivity contribution in [2.24, 2.45) is 0 Å². The maximum Gasteiger partial charge on any atom is 0.104 e. The predicted molar refractivity (Wildman–Crippen MR) is 42.9 cm³/mol. The minimum atomic E-state index is -0.551. The van der Waals surface area contributed by atoms with Gasteiger partial charge in [0.2, 0.25) is 0 Å². The van der Waals surface area contributed by atoms with Crippen molar-refractivity contribution in [1.29, 1.82) is 0 Å². The lowest BCUT2D eigenvalue weighted by Crippen LogP contribution is -1.96. The molecule has 0 amide bonds. The molecule has 1 unspecified atom stereocenters. The van der Waals surface area contributed by atoms with Crippen LogP contribution < -0.4 is 0 Å². The van der Waals surface area contributed by atoms with Crippen molar-refractivity contribution in [2.45, 2.75) is 18.9 Å². The van der Waals surface area contributed by atoms with Crippen LogP contribution in [0.15, 0.2) is 5.38 Å². The standard InChI is InChI=1S/C7H8N2OS/c1-2-3-4-7(10)6-5-11-9-8-6/h1,5,7,10H,3-4H2. The van der Waals surface area contributed by atoms with Gasteiger partial charge in [-0.25, -0.2) is 0 Å². The lowest BCUT2D eigenvalue weighted by Gasteiger charge is -2.02. The fourth-order valence-corrected chi connectivity index (χ4v) is 1.19. The number of hydrogen-bond donors (Lipinski definition) is 1. The average molecular weight is 168 g/mol. The Balaban J connectivity index is 2.44. The highest BCUT2D eigenvalue weighted by Crippen LogP contribution is 2.15. The van der Waals surface area contributed by atoms with Gasteiger partial charge in [-0.1, -0.05) is 4.49 Å². The Morgan fingerprint density at radius 1 is 1.82 bits per heavy atom. The van der Waals surface area contributed by atoms with Crippen molar-refractivity contribution in [3.8, 4) is 12.3 Å². The molecule has 4 heteroatoms. The Hall–Kier alpha value is -0.920. The Kier molecular flexibility index (Phi) is 3.02. The molecular weight excluding hydrogens is 160 g/mol. The quantitative estimate of drug-likeness (QED) is 0.684. The summed E-state index contributed by atoms with van der Waals surface area (Å²) in [7, 11) is 0. The Morgan fingerprint density at radius 2 is 2.64 bits per heavy atom. The molecule has 0 aliphatic rings. The van der Waals surface area contributed by atoms with Crippen LogP contribution in [-0.4, -0.2) is 14.7 Å². The van der Waals surface area contributed by atoms with Gasteiger partial charge in [0, 0.05) is 11.8 Å². The first-order chi connectivity index (χ1) is 5.34. The van der Waals surface area contributed by atoms with Gasteiger partial charge in [-0.05, 0) is 18.0 Å². The topological polar surface area (TPSA) is 46.0 Å². The number of hydrogen-bond acceptors (Lipinski definition) is 4. The first kappa shape index (κ1) is 8.18. The molecule has 1 aromatic rings. The molecule has 1 rings (SSSR count). The van der Waals surface area contributed by atoms with E-state index < -0.39 is 6.10 Å². The van der Waals surface area contributed by atoms with Crippen LogP contribution in [0.5, 0.6) is 0 Å². The van der Waals surface area contributed by atoms with Gasteiger partial charge in [-0.2, -0.15) is 0 Å². The fraction of sp³-hybridized carbons (Fsp3) is 0.429. The Morgan fingerprint density at radius 3 is 3.18 bits per heavy atom. The van der Waals surface area contributed by atoms with Crippen molar-refractivity contribution in [2.75, 3.05) is 0 Å². The number of nitrogens with zero attached hydrogens (tertiary/aromatic N) is 2. The van der Waals surface area contributed by atoms with Gasteiger partial charge >= 0.3 is 0 Å². The summed E-state index contributed by atoms with van der Waals surface area (Å²) in [6.07, 6.45) is 5.61. The lowest BCUT2D eigenvalue weighted by molar-refractivity contribution is 0.164. The molecule has 1 heterocycles. The van der Waals surface area contributed by atoms with Crippen molar-refractivity contribution in [1.82, 2.24) is 9.59 Å². The molecule has 1 aromatic heterocycles. The second-order valence-electron chi connectivity index (χ2n) is 2.09. The first-order valence-electron chi connectivity index (χ1n) is 3.23. The van der Waals surface area contributed by atoms with Crippen molar-refractivity contribution < 1.29 is 5.11 Å². The Labute approximate surface area is 69.2 Å². The van der Waals surface area contributed by atoms with E-state index in [2.05, 4.69) is 15.5 Å². The molecule has 1 atom stereocenters. The highest BCUT2D eigenvalue weighted by atomic mass is 32.1. The highest BCUT2D eigenvalue weighted by molar-refractivity contribution is 7.03. The van der Waals surface area contributed by atoms with E-state index >= 15 is 0 Å². The lowest BCUT2D eigenvalue weighted by atomic mass is 10.2. The maximum atomic E-state index is 9.35. The van der Waals surface area contributed by atoms with Crippen molar-refractivity contribution in [3.05, 3.63) is 11.1 Å². The van der Waals surface area contributed by atoms with E-state index in [1.54, 1.807) is 5.38 Å². The van der Waals surface area contributed by atoms with Crippen LogP contribution in [-0.2, 0) is 0 Å². The fourth-order valence-electron chi connectivity index (χ4n) is 0.685. The number of aliphatic hydroxyl groups excluding tert-OH is 1. The van der Waals surface area contributed by atoms with E-state index in [-0.39, 0.29) is 0 Å². The molecular formula is C7H8N2OS. The van der Waals surface area contributed by atoms with Crippen LogP contribution in [0.25, 0.3) is 0 Å². The van der Waals surface area contributed by atoms with Gasteiger partial charge in [-0.15, -0.1) is 17.4 Å². The van der Waals surface area contributed by atoms with E-state index in [1.807, 2.05) is 0 Å². The molecule has 58 valence electrons. The summed E-state index contributed by atoms with van der Waals surface area (Å²) >= 11 is 1.23. The molecule has 0 saturated carbocycles. The maximum absolute atomic E-state index is 9.35. The van der Waals surface area contributed by atoms with E-state index in [4.69, 9.17) is 6.42 Å². The summed E-state index contributed by atoms with van der Waals surface area (Å²) in [4.78, 5) is 0. The van der Waals surface area contributed by atoms with E-state index in [1.165, 1.54) is 11.5 Å². The molecule has 0 fully saturated rings. The summed E-state index contributed by atoms with van der Waals surface area (Å²) in [6, 6.07) is 0. The monoisotopic (exact) mass is 168 g/mol. The van der Waals surface area contributed by atoms with E-state index in [0.29, 0.717) is 18.5 Å².